The molecule has 0 aliphatic carbocycles. The molecule has 0 atom stereocenters. The molecule has 0 saturated heterocycles. The van der Waals surface area contributed by atoms with Crippen molar-refractivity contribution in [3.05, 3.63) is 30.0 Å². The summed E-state index contributed by atoms with van der Waals surface area (Å²) in [7, 11) is 0. The highest BCUT2D eigenvalue weighted by molar-refractivity contribution is 8.00. The number of hydrogen-bond donors (Lipinski definition) is 2. The van der Waals surface area contributed by atoms with Crippen LogP contribution in [0.2, 0.25) is 0 Å². The third kappa shape index (κ3) is 5.64. The molecule has 2 amide bonds. The molecular formula is C17H17N3O7S. The molecule has 0 spiro atoms. The number of fused-ring (bicyclic) bond motifs is 1. The number of nitrogens with zero attached hydrogens (tertiary/aromatic N) is 1. The van der Waals surface area contributed by atoms with Gasteiger partial charge in [0.15, 0.2) is 23.9 Å². The van der Waals surface area contributed by atoms with Gasteiger partial charge in [-0.1, -0.05) is 5.16 Å². The van der Waals surface area contributed by atoms with Crippen molar-refractivity contribution in [2.75, 3.05) is 35.5 Å². The zero-order chi connectivity index (χ0) is 19.9. The van der Waals surface area contributed by atoms with E-state index in [9.17, 15) is 14.4 Å². The summed E-state index contributed by atoms with van der Waals surface area (Å²) in [6.45, 7) is 1.41. The Morgan fingerprint density at radius 3 is 2.71 bits per heavy atom. The van der Waals surface area contributed by atoms with Crippen molar-refractivity contribution in [3.63, 3.8) is 0 Å². The summed E-state index contributed by atoms with van der Waals surface area (Å²) in [5.74, 6) is 0.567. The minimum atomic E-state index is -0.601. The fraction of sp³-hybridized carbons (Fsp3) is 0.294. The molecule has 1 aromatic heterocycles. The van der Waals surface area contributed by atoms with Gasteiger partial charge in [-0.2, -0.15) is 0 Å². The van der Waals surface area contributed by atoms with Crippen LogP contribution >= 0.6 is 11.8 Å². The van der Waals surface area contributed by atoms with E-state index in [0.717, 1.165) is 11.8 Å². The van der Waals surface area contributed by atoms with E-state index in [2.05, 4.69) is 15.8 Å². The van der Waals surface area contributed by atoms with Gasteiger partial charge in [0.2, 0.25) is 12.7 Å². The Labute approximate surface area is 163 Å². The van der Waals surface area contributed by atoms with Crippen LogP contribution in [0.15, 0.2) is 28.8 Å². The van der Waals surface area contributed by atoms with Crippen molar-refractivity contribution in [1.29, 1.82) is 0 Å². The molecule has 28 heavy (non-hydrogen) atoms. The molecule has 10 nitrogen and oxygen atoms in total. The van der Waals surface area contributed by atoms with Gasteiger partial charge in [0.25, 0.3) is 5.91 Å². The van der Waals surface area contributed by atoms with Gasteiger partial charge in [-0.25, -0.2) is 0 Å². The number of ether oxygens (including phenoxy) is 3. The van der Waals surface area contributed by atoms with E-state index in [0.29, 0.717) is 28.8 Å². The van der Waals surface area contributed by atoms with Crippen LogP contribution in [0.1, 0.15) is 5.76 Å². The van der Waals surface area contributed by atoms with Crippen LogP contribution in [0.25, 0.3) is 0 Å². The van der Waals surface area contributed by atoms with E-state index >= 15 is 0 Å². The maximum Gasteiger partial charge on any atom is 0.316 e. The summed E-state index contributed by atoms with van der Waals surface area (Å²) in [5.41, 5.74) is 0.499. The first-order valence-corrected chi connectivity index (χ1v) is 9.31. The molecule has 2 heterocycles. The Morgan fingerprint density at radius 1 is 1.11 bits per heavy atom. The molecule has 0 saturated carbocycles. The maximum absolute atomic E-state index is 11.9. The van der Waals surface area contributed by atoms with Gasteiger partial charge in [-0.3, -0.25) is 14.4 Å². The van der Waals surface area contributed by atoms with Crippen LogP contribution in [0, 0.1) is 6.92 Å². The Hall–Kier alpha value is -3.21. The SMILES string of the molecule is Cc1cc(NC(=O)CSCC(=O)OCC(=O)Nc2ccc3c(c2)OCO3)no1. The number of carbonyl (C=O) groups excluding carboxylic acids is 3. The molecule has 0 unspecified atom stereocenters. The zero-order valence-corrected chi connectivity index (χ0v) is 15.7. The Balaban J connectivity index is 1.31. The molecular weight excluding hydrogens is 390 g/mol. The van der Waals surface area contributed by atoms with E-state index in [-0.39, 0.29) is 24.2 Å². The molecule has 2 aromatic rings. The zero-order valence-electron chi connectivity index (χ0n) is 14.9. The number of carbonyl (C=O) groups is 3. The average Bonchev–Trinajstić information content (AvgIpc) is 3.28. The Kier molecular flexibility index (Phi) is 6.37. The molecule has 148 valence electrons. The fourth-order valence-electron chi connectivity index (χ4n) is 2.19. The first kappa shape index (κ1) is 19.5. The van der Waals surface area contributed by atoms with Crippen LogP contribution in [0.5, 0.6) is 11.5 Å². The number of thioether (sulfide) groups is 1. The van der Waals surface area contributed by atoms with Crippen LogP contribution in [0.4, 0.5) is 11.5 Å². The Bertz CT molecular complexity index is 883. The largest absolute Gasteiger partial charge is 0.455 e. The van der Waals surface area contributed by atoms with Gasteiger partial charge >= 0.3 is 5.97 Å². The topological polar surface area (TPSA) is 129 Å². The lowest BCUT2D eigenvalue weighted by molar-refractivity contribution is -0.144. The summed E-state index contributed by atoms with van der Waals surface area (Å²) in [6, 6.07) is 6.52. The standard InChI is InChI=1S/C17H17N3O7S/c1-10-4-14(20-27-10)19-16(22)7-28-8-17(23)24-6-15(21)18-11-2-3-12-13(5-11)26-9-25-12/h2-5H,6-9H2,1H3,(H,18,21)(H,19,20,22). The van der Waals surface area contributed by atoms with Gasteiger partial charge in [-0.15, -0.1) is 11.8 Å². The maximum atomic E-state index is 11.9. The van der Waals surface area contributed by atoms with Crippen molar-refractivity contribution in [2.45, 2.75) is 6.92 Å². The lowest BCUT2D eigenvalue weighted by atomic mass is 10.3. The summed E-state index contributed by atoms with van der Waals surface area (Å²) in [5, 5.41) is 8.76. The second-order valence-electron chi connectivity index (χ2n) is 5.64. The summed E-state index contributed by atoms with van der Waals surface area (Å²) < 4.78 is 20.1. The van der Waals surface area contributed by atoms with Crippen molar-refractivity contribution >= 4 is 41.1 Å². The number of hydrogen-bond acceptors (Lipinski definition) is 9. The van der Waals surface area contributed by atoms with Crippen molar-refractivity contribution in [1.82, 2.24) is 5.16 Å². The molecule has 0 bridgehead atoms. The first-order chi connectivity index (χ1) is 13.5. The third-order valence-electron chi connectivity index (χ3n) is 3.37. The lowest BCUT2D eigenvalue weighted by Gasteiger charge is -2.07. The first-order valence-electron chi connectivity index (χ1n) is 8.15. The molecule has 11 heteroatoms. The fourth-order valence-corrected chi connectivity index (χ4v) is 2.80. The van der Waals surface area contributed by atoms with Gasteiger partial charge in [0.1, 0.15) is 5.76 Å². The second kappa shape index (κ2) is 9.13. The van der Waals surface area contributed by atoms with E-state index in [1.165, 1.54) is 0 Å². The number of nitrogens with one attached hydrogen (secondary N) is 2. The van der Waals surface area contributed by atoms with Gasteiger partial charge < -0.3 is 29.4 Å². The second-order valence-corrected chi connectivity index (χ2v) is 6.63. The lowest BCUT2D eigenvalue weighted by Crippen LogP contribution is -2.22. The molecule has 0 fully saturated rings. The van der Waals surface area contributed by atoms with Crippen molar-refractivity contribution in [2.24, 2.45) is 0 Å². The summed E-state index contributed by atoms with van der Waals surface area (Å²) in [6.07, 6.45) is 0. The predicted octanol–water partition coefficient (Wildman–Crippen LogP) is 1.57. The smallest absolute Gasteiger partial charge is 0.316 e. The number of benzene rings is 1. The van der Waals surface area contributed by atoms with E-state index in [4.69, 9.17) is 18.7 Å². The predicted molar refractivity (Wildman–Crippen MR) is 99.3 cm³/mol. The number of anilines is 2. The molecule has 1 aliphatic rings. The quantitative estimate of drug-likeness (QED) is 0.626. The number of rotatable bonds is 8. The highest BCUT2D eigenvalue weighted by Gasteiger charge is 2.15. The van der Waals surface area contributed by atoms with Gasteiger partial charge in [0.05, 0.1) is 11.5 Å². The minimum Gasteiger partial charge on any atom is -0.455 e. The van der Waals surface area contributed by atoms with Gasteiger partial charge in [0, 0.05) is 17.8 Å². The highest BCUT2D eigenvalue weighted by Crippen LogP contribution is 2.34. The molecule has 3 rings (SSSR count). The molecule has 2 N–H and O–H groups in total. The van der Waals surface area contributed by atoms with Crippen LogP contribution in [-0.2, 0) is 19.1 Å². The van der Waals surface area contributed by atoms with Crippen molar-refractivity contribution < 1.29 is 33.1 Å². The van der Waals surface area contributed by atoms with Gasteiger partial charge in [-0.05, 0) is 19.1 Å². The number of amides is 2. The van der Waals surface area contributed by atoms with Crippen LogP contribution in [-0.4, -0.2) is 47.8 Å². The van der Waals surface area contributed by atoms with E-state index in [1.807, 2.05) is 0 Å². The molecule has 1 aliphatic heterocycles. The van der Waals surface area contributed by atoms with Crippen LogP contribution < -0.4 is 20.1 Å². The molecule has 0 radical (unpaired) electrons. The molecule has 1 aromatic carbocycles. The monoisotopic (exact) mass is 407 g/mol. The average molecular weight is 407 g/mol. The number of aromatic nitrogens is 1. The number of aryl methyl sites for hydroxylation is 1. The number of esters is 1. The third-order valence-corrected chi connectivity index (χ3v) is 4.28. The van der Waals surface area contributed by atoms with E-state index < -0.39 is 18.5 Å². The van der Waals surface area contributed by atoms with E-state index in [1.54, 1.807) is 31.2 Å². The Morgan fingerprint density at radius 2 is 1.93 bits per heavy atom. The van der Waals surface area contributed by atoms with Crippen molar-refractivity contribution in [3.8, 4) is 11.5 Å². The normalized spacial score (nSPS) is 11.8. The van der Waals surface area contributed by atoms with Crippen LogP contribution in [0.3, 0.4) is 0 Å². The minimum absolute atomic E-state index is 0.0321. The summed E-state index contributed by atoms with van der Waals surface area (Å²) in [4.78, 5) is 35.2. The highest BCUT2D eigenvalue weighted by atomic mass is 32.2. The summed E-state index contributed by atoms with van der Waals surface area (Å²) >= 11 is 1.06.